The molecule has 0 amide bonds. The number of anilines is 1. The molecule has 0 spiro atoms. The first kappa shape index (κ1) is 12.6. The molecule has 2 rings (SSSR count). The van der Waals surface area contributed by atoms with Gasteiger partial charge in [0.1, 0.15) is 9.77 Å². The summed E-state index contributed by atoms with van der Waals surface area (Å²) in [5.74, 6) is -1.35. The van der Waals surface area contributed by atoms with E-state index < -0.39 is 16.0 Å². The summed E-state index contributed by atoms with van der Waals surface area (Å²) in [6.45, 7) is 1.63. The molecule has 0 aliphatic heterocycles. The molecule has 0 unspecified atom stereocenters. The van der Waals surface area contributed by atoms with Crippen LogP contribution in [-0.4, -0.2) is 24.7 Å². The second kappa shape index (κ2) is 4.42. The third kappa shape index (κ3) is 2.36. The van der Waals surface area contributed by atoms with E-state index in [1.54, 1.807) is 6.92 Å². The van der Waals surface area contributed by atoms with Gasteiger partial charge in [-0.15, -0.1) is 11.3 Å². The molecule has 7 nitrogen and oxygen atoms in total. The third-order valence-corrected chi connectivity index (χ3v) is 4.40. The van der Waals surface area contributed by atoms with Gasteiger partial charge in [-0.3, -0.25) is 0 Å². The van der Waals surface area contributed by atoms with Crippen LogP contribution in [0.5, 0.6) is 0 Å². The van der Waals surface area contributed by atoms with Gasteiger partial charge >= 0.3 is 5.97 Å². The lowest BCUT2D eigenvalue weighted by molar-refractivity contribution is 0.0698. The first-order valence-corrected chi connectivity index (χ1v) is 7.03. The average molecular weight is 288 g/mol. The van der Waals surface area contributed by atoms with Crippen molar-refractivity contribution < 1.29 is 22.8 Å². The molecule has 2 N–H and O–H groups in total. The predicted molar refractivity (Wildman–Crippen MR) is 63.3 cm³/mol. The zero-order valence-corrected chi connectivity index (χ0v) is 10.7. The van der Waals surface area contributed by atoms with E-state index in [0.717, 1.165) is 11.3 Å². The number of hydrogen-bond donors (Lipinski definition) is 2. The summed E-state index contributed by atoms with van der Waals surface area (Å²) in [4.78, 5) is 10.3. The van der Waals surface area contributed by atoms with Crippen LogP contribution in [0.15, 0.2) is 26.9 Å². The maximum Gasteiger partial charge on any atom is 0.347 e. The van der Waals surface area contributed by atoms with Crippen LogP contribution in [0.3, 0.4) is 0 Å². The lowest BCUT2D eigenvalue weighted by Crippen LogP contribution is -2.14. The van der Waals surface area contributed by atoms with Crippen molar-refractivity contribution in [3.8, 4) is 0 Å². The molecule has 0 bridgehead atoms. The SMILES string of the molecule is Cc1cc(NS(=O)(=O)c2ccsc2C(=O)O)on1. The molecule has 0 aliphatic carbocycles. The number of hydrogen-bond acceptors (Lipinski definition) is 6. The number of thiophene rings is 1. The largest absolute Gasteiger partial charge is 0.477 e. The van der Waals surface area contributed by atoms with Crippen LogP contribution >= 0.6 is 11.3 Å². The molecule has 2 aromatic rings. The summed E-state index contributed by atoms with van der Waals surface area (Å²) < 4.78 is 30.7. The maximum atomic E-state index is 11.9. The van der Waals surface area contributed by atoms with Gasteiger partial charge in [0.05, 0.1) is 5.69 Å². The minimum atomic E-state index is -3.99. The predicted octanol–water partition coefficient (Wildman–Crippen LogP) is 1.54. The number of carbonyl (C=O) groups is 1. The fourth-order valence-electron chi connectivity index (χ4n) is 1.26. The summed E-state index contributed by atoms with van der Waals surface area (Å²) in [6.07, 6.45) is 0. The fourth-order valence-corrected chi connectivity index (χ4v) is 3.50. The summed E-state index contributed by atoms with van der Waals surface area (Å²) in [6, 6.07) is 2.62. The Balaban J connectivity index is 2.37. The number of rotatable bonds is 4. The van der Waals surface area contributed by atoms with E-state index in [1.165, 1.54) is 17.5 Å². The molecular weight excluding hydrogens is 280 g/mol. The second-order valence-corrected chi connectivity index (χ2v) is 5.92. The number of nitrogens with one attached hydrogen (secondary N) is 1. The molecule has 0 aromatic carbocycles. The first-order valence-electron chi connectivity index (χ1n) is 4.67. The molecule has 96 valence electrons. The Morgan fingerprint density at radius 1 is 1.56 bits per heavy atom. The van der Waals surface area contributed by atoms with Gasteiger partial charge in [0, 0.05) is 6.07 Å². The van der Waals surface area contributed by atoms with E-state index in [0.29, 0.717) is 5.69 Å². The molecular formula is C9H8N2O5S2. The minimum absolute atomic E-state index is 0.0601. The summed E-state index contributed by atoms with van der Waals surface area (Å²) in [5, 5.41) is 13.8. The van der Waals surface area contributed by atoms with E-state index in [2.05, 4.69) is 9.88 Å². The second-order valence-electron chi connectivity index (χ2n) is 3.36. The highest BCUT2D eigenvalue weighted by atomic mass is 32.2. The quantitative estimate of drug-likeness (QED) is 0.883. The molecule has 0 radical (unpaired) electrons. The molecule has 0 aliphatic rings. The van der Waals surface area contributed by atoms with Crippen LogP contribution < -0.4 is 4.72 Å². The van der Waals surface area contributed by atoms with Gasteiger partial charge < -0.3 is 9.63 Å². The van der Waals surface area contributed by atoms with Crippen molar-refractivity contribution in [2.24, 2.45) is 0 Å². The lowest BCUT2D eigenvalue weighted by Gasteiger charge is -2.03. The number of aromatic nitrogens is 1. The van der Waals surface area contributed by atoms with Crippen molar-refractivity contribution in [3.63, 3.8) is 0 Å². The average Bonchev–Trinajstić information content (AvgIpc) is 2.86. The van der Waals surface area contributed by atoms with Gasteiger partial charge in [0.2, 0.25) is 5.88 Å². The Morgan fingerprint density at radius 3 is 2.83 bits per heavy atom. The van der Waals surface area contributed by atoms with Gasteiger partial charge in [-0.2, -0.15) is 0 Å². The molecule has 2 aromatic heterocycles. The van der Waals surface area contributed by atoms with Crippen LogP contribution in [-0.2, 0) is 10.0 Å². The fraction of sp³-hybridized carbons (Fsp3) is 0.111. The topological polar surface area (TPSA) is 110 Å². The summed E-state index contributed by atoms with van der Waals surface area (Å²) in [5.41, 5.74) is 0.511. The molecule has 0 saturated carbocycles. The van der Waals surface area contributed by atoms with E-state index >= 15 is 0 Å². The number of aromatic carboxylic acids is 1. The molecule has 9 heteroatoms. The Bertz CT molecular complexity index is 685. The van der Waals surface area contributed by atoms with Gasteiger partial charge in [-0.05, 0) is 18.4 Å². The Labute approximate surface area is 106 Å². The zero-order chi connectivity index (χ0) is 13.3. The Morgan fingerprint density at radius 2 is 2.28 bits per heavy atom. The van der Waals surface area contributed by atoms with Gasteiger partial charge in [0.25, 0.3) is 10.0 Å². The normalized spacial score (nSPS) is 11.4. The number of carboxylic acids is 1. The van der Waals surface area contributed by atoms with Crippen LogP contribution in [0.4, 0.5) is 5.88 Å². The standard InChI is InChI=1S/C9H8N2O5S2/c1-5-4-7(16-10-5)11-18(14,15)6-2-3-17-8(6)9(12)13/h2-4,11H,1H3,(H,12,13). The lowest BCUT2D eigenvalue weighted by atomic mass is 10.5. The molecule has 0 atom stereocenters. The van der Waals surface area contributed by atoms with Crippen molar-refractivity contribution in [1.29, 1.82) is 0 Å². The van der Waals surface area contributed by atoms with Gasteiger partial charge in [-0.1, -0.05) is 5.16 Å². The highest BCUT2D eigenvalue weighted by Gasteiger charge is 2.24. The Hall–Kier alpha value is -1.87. The van der Waals surface area contributed by atoms with E-state index in [-0.39, 0.29) is 15.7 Å². The highest BCUT2D eigenvalue weighted by molar-refractivity contribution is 7.93. The monoisotopic (exact) mass is 288 g/mol. The summed E-state index contributed by atoms with van der Waals surface area (Å²) >= 11 is 0.835. The molecule has 0 saturated heterocycles. The van der Waals surface area contributed by atoms with Crippen LogP contribution in [0.1, 0.15) is 15.4 Å². The van der Waals surface area contributed by atoms with Crippen molar-refractivity contribution in [2.45, 2.75) is 11.8 Å². The van der Waals surface area contributed by atoms with Crippen molar-refractivity contribution >= 4 is 33.2 Å². The third-order valence-electron chi connectivity index (χ3n) is 1.98. The smallest absolute Gasteiger partial charge is 0.347 e. The van der Waals surface area contributed by atoms with Crippen molar-refractivity contribution in [3.05, 3.63) is 28.1 Å². The van der Waals surface area contributed by atoms with E-state index in [1.807, 2.05) is 0 Å². The van der Waals surface area contributed by atoms with E-state index in [9.17, 15) is 13.2 Å². The highest BCUT2D eigenvalue weighted by Crippen LogP contribution is 2.24. The number of carboxylic acid groups (broad SMARTS) is 1. The molecule has 2 heterocycles. The van der Waals surface area contributed by atoms with Crippen LogP contribution in [0.2, 0.25) is 0 Å². The Kier molecular flexibility index (Phi) is 3.09. The molecule has 0 fully saturated rings. The number of sulfonamides is 1. The van der Waals surface area contributed by atoms with Crippen LogP contribution in [0, 0.1) is 6.92 Å². The van der Waals surface area contributed by atoms with Gasteiger partial charge in [0.15, 0.2) is 0 Å². The molecule has 18 heavy (non-hydrogen) atoms. The zero-order valence-electron chi connectivity index (χ0n) is 9.08. The number of aryl methyl sites for hydroxylation is 1. The first-order chi connectivity index (χ1) is 8.40. The van der Waals surface area contributed by atoms with Crippen molar-refractivity contribution in [2.75, 3.05) is 4.72 Å². The minimum Gasteiger partial charge on any atom is -0.477 e. The van der Waals surface area contributed by atoms with Crippen LogP contribution in [0.25, 0.3) is 0 Å². The number of nitrogens with zero attached hydrogens (tertiary/aromatic N) is 1. The van der Waals surface area contributed by atoms with Gasteiger partial charge in [-0.25, -0.2) is 17.9 Å². The van der Waals surface area contributed by atoms with Crippen molar-refractivity contribution in [1.82, 2.24) is 5.16 Å². The maximum absolute atomic E-state index is 11.9. The van der Waals surface area contributed by atoms with E-state index in [4.69, 9.17) is 9.63 Å². The summed E-state index contributed by atoms with van der Waals surface area (Å²) in [7, 11) is -3.99.